The van der Waals surface area contributed by atoms with E-state index in [1.807, 2.05) is 60.7 Å². The Balaban J connectivity index is 1.48. The molecule has 3 N–H and O–H groups in total. The molecule has 1 heterocycles. The number of carbonyl (C=O) groups is 2. The summed E-state index contributed by atoms with van der Waals surface area (Å²) in [6.45, 7) is 1.49. The Labute approximate surface area is 229 Å². The van der Waals surface area contributed by atoms with E-state index in [1.165, 1.54) is 5.56 Å². The second-order valence-corrected chi connectivity index (χ2v) is 9.95. The number of aliphatic hydroxyl groups excluding tert-OH is 1. The molecule has 0 radical (unpaired) electrons. The molecule has 3 atom stereocenters. The van der Waals surface area contributed by atoms with E-state index in [2.05, 4.69) is 29.4 Å². The van der Waals surface area contributed by atoms with Crippen LogP contribution in [0.4, 0.5) is 5.69 Å². The van der Waals surface area contributed by atoms with E-state index in [0.717, 1.165) is 23.2 Å². The first-order valence-corrected chi connectivity index (χ1v) is 13.2. The minimum Gasteiger partial charge on any atom is -0.481 e. The van der Waals surface area contributed by atoms with Gasteiger partial charge in [-0.3, -0.25) is 14.5 Å². The third-order valence-corrected chi connectivity index (χ3v) is 6.66. The number of aliphatic carboxylic acids is 1. The van der Waals surface area contributed by atoms with Crippen LogP contribution in [0.15, 0.2) is 78.9 Å². The Kier molecular flexibility index (Phi) is 10.2. The fourth-order valence-corrected chi connectivity index (χ4v) is 4.73. The molecule has 8 nitrogen and oxygen atoms in total. The molecule has 0 spiro atoms. The van der Waals surface area contributed by atoms with E-state index in [9.17, 15) is 14.7 Å². The minimum atomic E-state index is -0.916. The molecule has 0 bridgehead atoms. The Hall–Kier alpha value is -3.56. The lowest BCUT2D eigenvalue weighted by Crippen LogP contribution is -2.37. The average molecular weight is 533 g/mol. The van der Waals surface area contributed by atoms with Crippen molar-refractivity contribution in [3.8, 4) is 0 Å². The third kappa shape index (κ3) is 8.73. The first kappa shape index (κ1) is 28.4. The van der Waals surface area contributed by atoms with Crippen molar-refractivity contribution in [3.63, 3.8) is 0 Å². The third-order valence-electron chi connectivity index (χ3n) is 6.66. The first-order chi connectivity index (χ1) is 18.9. The number of ether oxygens (including phenoxy) is 2. The summed E-state index contributed by atoms with van der Waals surface area (Å²) in [4.78, 5) is 25.3. The summed E-state index contributed by atoms with van der Waals surface area (Å²) in [7, 11) is 2.08. The Morgan fingerprint density at radius 1 is 0.923 bits per heavy atom. The number of nitrogens with zero attached hydrogens (tertiary/aromatic N) is 1. The van der Waals surface area contributed by atoms with Gasteiger partial charge in [-0.1, -0.05) is 66.7 Å². The molecule has 3 aromatic rings. The van der Waals surface area contributed by atoms with Crippen LogP contribution in [0.2, 0.25) is 0 Å². The van der Waals surface area contributed by atoms with E-state index in [1.54, 1.807) is 6.07 Å². The van der Waals surface area contributed by atoms with Crippen LogP contribution in [0.1, 0.15) is 60.3 Å². The Morgan fingerprint density at radius 3 is 2.41 bits per heavy atom. The van der Waals surface area contributed by atoms with Crippen LogP contribution < -0.4 is 5.32 Å². The Morgan fingerprint density at radius 2 is 1.69 bits per heavy atom. The topological polar surface area (TPSA) is 108 Å². The van der Waals surface area contributed by atoms with E-state index >= 15 is 0 Å². The monoisotopic (exact) mass is 532 g/mol. The summed E-state index contributed by atoms with van der Waals surface area (Å²) in [5.74, 6) is -1.15. The van der Waals surface area contributed by atoms with Crippen molar-refractivity contribution in [1.29, 1.82) is 0 Å². The average Bonchev–Trinajstić information content (AvgIpc) is 2.93. The van der Waals surface area contributed by atoms with Crippen LogP contribution in [0.25, 0.3) is 0 Å². The lowest BCUT2D eigenvalue weighted by Gasteiger charge is -2.38. The fourth-order valence-electron chi connectivity index (χ4n) is 4.73. The quantitative estimate of drug-likeness (QED) is 0.300. The smallest absolute Gasteiger partial charge is 0.303 e. The van der Waals surface area contributed by atoms with Gasteiger partial charge in [0.05, 0.1) is 18.8 Å². The van der Waals surface area contributed by atoms with Crippen LogP contribution in [-0.2, 0) is 32.2 Å². The number of hydrogen-bond acceptors (Lipinski definition) is 6. The minimum absolute atomic E-state index is 0.0146. The standard InChI is InChI=1S/C31H36N2O6/c1-33(19-22-7-3-2-4-8-22)20-27-18-28(24-15-13-23(21-34)14-16-24)39-31(38-27)25-9-5-10-26(17-25)32-29(35)11-6-12-30(36)37/h2-5,7-10,13-17,27-28,31,34H,6,11-12,18-21H2,1H3,(H,32,35)(H,36,37)/t27-,28+,31+/m0/s1. The van der Waals surface area contributed by atoms with Crippen LogP contribution >= 0.6 is 0 Å². The highest BCUT2D eigenvalue weighted by Crippen LogP contribution is 2.38. The number of carboxylic acids is 1. The normalized spacial score (nSPS) is 19.1. The van der Waals surface area contributed by atoms with Gasteiger partial charge in [-0.15, -0.1) is 0 Å². The molecular weight excluding hydrogens is 496 g/mol. The second kappa shape index (κ2) is 14.0. The van der Waals surface area contributed by atoms with Gasteiger partial charge in [0.2, 0.25) is 5.91 Å². The number of carboxylic acid groups (broad SMARTS) is 1. The largest absolute Gasteiger partial charge is 0.481 e. The molecule has 206 valence electrons. The fraction of sp³-hybridized carbons (Fsp3) is 0.355. The van der Waals surface area contributed by atoms with E-state index in [4.69, 9.17) is 14.6 Å². The number of hydrogen-bond donors (Lipinski definition) is 3. The molecule has 0 saturated carbocycles. The maximum Gasteiger partial charge on any atom is 0.303 e. The van der Waals surface area contributed by atoms with Crippen molar-refractivity contribution in [2.75, 3.05) is 18.9 Å². The molecule has 1 fully saturated rings. The molecule has 1 aliphatic heterocycles. The number of amides is 1. The van der Waals surface area contributed by atoms with Gasteiger partial charge in [0, 0.05) is 43.6 Å². The first-order valence-electron chi connectivity index (χ1n) is 13.2. The summed E-state index contributed by atoms with van der Waals surface area (Å²) < 4.78 is 12.9. The number of likely N-dealkylation sites (N-methyl/N-ethyl adjacent to an activating group) is 1. The highest BCUT2D eigenvalue weighted by Gasteiger charge is 2.33. The van der Waals surface area contributed by atoms with Gasteiger partial charge in [-0.05, 0) is 42.3 Å². The predicted molar refractivity (Wildman–Crippen MR) is 148 cm³/mol. The van der Waals surface area contributed by atoms with Gasteiger partial charge >= 0.3 is 5.97 Å². The van der Waals surface area contributed by atoms with Gasteiger partial charge in [-0.25, -0.2) is 0 Å². The van der Waals surface area contributed by atoms with E-state index in [0.29, 0.717) is 18.7 Å². The van der Waals surface area contributed by atoms with Gasteiger partial charge < -0.3 is 25.0 Å². The van der Waals surface area contributed by atoms with Crippen LogP contribution in [0, 0.1) is 0 Å². The molecule has 8 heteroatoms. The summed E-state index contributed by atoms with van der Waals surface area (Å²) in [5, 5.41) is 21.1. The number of rotatable bonds is 12. The zero-order chi connectivity index (χ0) is 27.6. The number of benzene rings is 3. The van der Waals surface area contributed by atoms with Crippen LogP contribution in [-0.4, -0.2) is 46.7 Å². The molecular formula is C31H36N2O6. The lowest BCUT2D eigenvalue weighted by atomic mass is 9.99. The lowest BCUT2D eigenvalue weighted by molar-refractivity contribution is -0.252. The van der Waals surface area contributed by atoms with Crippen molar-refractivity contribution >= 4 is 17.6 Å². The number of anilines is 1. The van der Waals surface area contributed by atoms with Crippen molar-refractivity contribution in [2.45, 2.75) is 57.3 Å². The SMILES string of the molecule is CN(Cc1ccccc1)C[C@@H]1C[C@H](c2ccc(CO)cc2)O[C@H](c2cccc(NC(=O)CCCC(=O)O)c2)O1. The molecule has 3 aromatic carbocycles. The highest BCUT2D eigenvalue weighted by atomic mass is 16.7. The highest BCUT2D eigenvalue weighted by molar-refractivity contribution is 5.90. The molecule has 39 heavy (non-hydrogen) atoms. The Bertz CT molecular complexity index is 1220. The summed E-state index contributed by atoms with van der Waals surface area (Å²) >= 11 is 0. The van der Waals surface area contributed by atoms with Gasteiger partial charge in [-0.2, -0.15) is 0 Å². The molecule has 1 aliphatic rings. The summed E-state index contributed by atoms with van der Waals surface area (Å²) in [6, 6.07) is 25.4. The summed E-state index contributed by atoms with van der Waals surface area (Å²) in [6.07, 6.45) is 0.0983. The van der Waals surface area contributed by atoms with Crippen molar-refractivity contribution < 1.29 is 29.3 Å². The number of aliphatic hydroxyl groups is 1. The van der Waals surface area contributed by atoms with E-state index < -0.39 is 12.3 Å². The number of nitrogens with one attached hydrogen (secondary N) is 1. The second-order valence-electron chi connectivity index (χ2n) is 9.95. The molecule has 0 aromatic heterocycles. The predicted octanol–water partition coefficient (Wildman–Crippen LogP) is 5.05. The molecule has 1 amide bonds. The maximum atomic E-state index is 12.3. The zero-order valence-corrected chi connectivity index (χ0v) is 22.2. The zero-order valence-electron chi connectivity index (χ0n) is 22.2. The van der Waals surface area contributed by atoms with Gasteiger partial charge in [0.15, 0.2) is 6.29 Å². The van der Waals surface area contributed by atoms with Crippen LogP contribution in [0.3, 0.4) is 0 Å². The van der Waals surface area contributed by atoms with Crippen molar-refractivity contribution in [2.24, 2.45) is 0 Å². The van der Waals surface area contributed by atoms with Gasteiger partial charge in [0.25, 0.3) is 0 Å². The molecule has 4 rings (SSSR count). The van der Waals surface area contributed by atoms with Gasteiger partial charge in [0.1, 0.15) is 0 Å². The number of carbonyl (C=O) groups excluding carboxylic acids is 1. The maximum absolute atomic E-state index is 12.3. The molecule has 0 aliphatic carbocycles. The van der Waals surface area contributed by atoms with Crippen molar-refractivity contribution in [3.05, 3.63) is 101 Å². The molecule has 1 saturated heterocycles. The van der Waals surface area contributed by atoms with Crippen LogP contribution in [0.5, 0.6) is 0 Å². The van der Waals surface area contributed by atoms with E-state index in [-0.39, 0.29) is 44.0 Å². The van der Waals surface area contributed by atoms with Crippen molar-refractivity contribution in [1.82, 2.24) is 4.90 Å². The summed E-state index contributed by atoms with van der Waals surface area (Å²) in [5.41, 5.74) is 4.47. The molecule has 0 unspecified atom stereocenters.